The zero-order valence-corrected chi connectivity index (χ0v) is 18.4. The van der Waals surface area contributed by atoms with Gasteiger partial charge in [-0.05, 0) is 53.3 Å². The van der Waals surface area contributed by atoms with E-state index in [1.54, 1.807) is 28.4 Å². The molecular weight excluding hydrogens is 407 g/mol. The number of hydrogen-bond donors (Lipinski definition) is 0. The molecule has 2 aromatic carbocycles. The van der Waals surface area contributed by atoms with Crippen molar-refractivity contribution in [3.05, 3.63) is 47.0 Å². The fourth-order valence-corrected chi connectivity index (χ4v) is 5.25. The fourth-order valence-electron chi connectivity index (χ4n) is 4.57. The molecule has 1 aliphatic heterocycles. The van der Waals surface area contributed by atoms with Crippen molar-refractivity contribution in [2.24, 2.45) is 11.8 Å². The van der Waals surface area contributed by atoms with Crippen molar-refractivity contribution in [1.82, 2.24) is 0 Å². The van der Waals surface area contributed by atoms with E-state index in [4.69, 9.17) is 28.0 Å². The molecular formula is C22H26O7P+. The van der Waals surface area contributed by atoms with Crippen LogP contribution in [0, 0.1) is 11.8 Å². The summed E-state index contributed by atoms with van der Waals surface area (Å²) >= 11 is 0. The van der Waals surface area contributed by atoms with Gasteiger partial charge in [0.1, 0.15) is 13.2 Å². The summed E-state index contributed by atoms with van der Waals surface area (Å²) in [5.41, 5.74) is 3.37. The molecule has 2 aliphatic rings. The molecule has 4 rings (SSSR count). The SMILES string of the molecule is COc1ccc([C@H]2c3cc(OC)c(OC)cc3C[C@H]3CO[P+](=O)OC[C@@H]32)cc1OC. The molecule has 1 fully saturated rings. The first kappa shape index (κ1) is 20.9. The van der Waals surface area contributed by atoms with Crippen molar-refractivity contribution in [3.8, 4) is 23.0 Å². The lowest BCUT2D eigenvalue weighted by Gasteiger charge is -2.38. The largest absolute Gasteiger partial charge is 0.697 e. The highest BCUT2D eigenvalue weighted by Gasteiger charge is 2.44. The highest BCUT2D eigenvalue weighted by atomic mass is 31.1. The van der Waals surface area contributed by atoms with Gasteiger partial charge in [0.05, 0.1) is 28.4 Å². The second-order valence-corrected chi connectivity index (χ2v) is 8.40. The van der Waals surface area contributed by atoms with Gasteiger partial charge >= 0.3 is 8.25 Å². The van der Waals surface area contributed by atoms with Crippen LogP contribution < -0.4 is 18.9 Å². The van der Waals surface area contributed by atoms with E-state index in [0.717, 1.165) is 23.1 Å². The van der Waals surface area contributed by atoms with E-state index in [1.165, 1.54) is 0 Å². The topological polar surface area (TPSA) is 72.5 Å². The Morgan fingerprint density at radius 2 is 1.47 bits per heavy atom. The van der Waals surface area contributed by atoms with Crippen molar-refractivity contribution in [2.75, 3.05) is 41.7 Å². The fraction of sp³-hybridized carbons (Fsp3) is 0.455. The van der Waals surface area contributed by atoms with Gasteiger partial charge in [0.2, 0.25) is 0 Å². The van der Waals surface area contributed by atoms with Crippen LogP contribution in [0.15, 0.2) is 30.3 Å². The minimum atomic E-state index is -2.10. The lowest BCUT2D eigenvalue weighted by molar-refractivity contribution is 0.178. The Morgan fingerprint density at radius 1 is 0.833 bits per heavy atom. The summed E-state index contributed by atoms with van der Waals surface area (Å²) in [4.78, 5) is 0. The zero-order chi connectivity index (χ0) is 21.3. The molecule has 0 radical (unpaired) electrons. The predicted octanol–water partition coefficient (Wildman–Crippen LogP) is 4.35. The summed E-state index contributed by atoms with van der Waals surface area (Å²) < 4.78 is 45.0. The third-order valence-electron chi connectivity index (χ3n) is 6.03. The molecule has 30 heavy (non-hydrogen) atoms. The molecule has 4 atom stereocenters. The van der Waals surface area contributed by atoms with E-state index in [1.807, 2.05) is 30.3 Å². The predicted molar refractivity (Wildman–Crippen MR) is 111 cm³/mol. The molecule has 1 saturated heterocycles. The maximum Gasteiger partial charge on any atom is 0.697 e. The Hall–Kier alpha value is -2.34. The van der Waals surface area contributed by atoms with Crippen LogP contribution in [0.2, 0.25) is 0 Å². The second kappa shape index (κ2) is 8.80. The van der Waals surface area contributed by atoms with Crippen LogP contribution in [0.4, 0.5) is 0 Å². The van der Waals surface area contributed by atoms with Gasteiger partial charge in [0.15, 0.2) is 23.0 Å². The summed E-state index contributed by atoms with van der Waals surface area (Å²) in [7, 11) is 4.41. The molecule has 2 aromatic rings. The molecule has 1 aliphatic carbocycles. The normalized spacial score (nSPS) is 24.3. The van der Waals surface area contributed by atoms with Crippen molar-refractivity contribution >= 4 is 8.25 Å². The first-order valence-electron chi connectivity index (χ1n) is 9.79. The van der Waals surface area contributed by atoms with Gasteiger partial charge in [-0.15, -0.1) is 9.05 Å². The highest BCUT2D eigenvalue weighted by molar-refractivity contribution is 7.33. The third-order valence-corrected chi connectivity index (χ3v) is 6.75. The van der Waals surface area contributed by atoms with E-state index in [0.29, 0.717) is 36.2 Å². The monoisotopic (exact) mass is 433 g/mol. The average Bonchev–Trinajstić information content (AvgIpc) is 2.97. The van der Waals surface area contributed by atoms with Crippen molar-refractivity contribution in [3.63, 3.8) is 0 Å². The molecule has 0 aromatic heterocycles. The Bertz CT molecular complexity index is 945. The van der Waals surface area contributed by atoms with Gasteiger partial charge in [0, 0.05) is 16.4 Å². The highest BCUT2D eigenvalue weighted by Crippen LogP contribution is 2.50. The number of ether oxygens (including phenoxy) is 4. The standard InChI is InChI=1S/C22H26O7P/c1-24-18-6-5-13(8-19(18)25-2)22-16-10-21(27-4)20(26-3)9-14(16)7-15-11-28-30(23)29-12-17(15)22/h5-6,8-10,15,17,22H,7,11-12H2,1-4H3/q+1/t15-,17-,22-/m0/s1. The zero-order valence-electron chi connectivity index (χ0n) is 17.5. The van der Waals surface area contributed by atoms with Crippen LogP contribution in [0.5, 0.6) is 23.0 Å². The average molecular weight is 433 g/mol. The van der Waals surface area contributed by atoms with Crippen LogP contribution in [0.1, 0.15) is 22.6 Å². The van der Waals surface area contributed by atoms with Crippen LogP contribution in [-0.2, 0) is 20.0 Å². The van der Waals surface area contributed by atoms with Gasteiger partial charge in [-0.25, -0.2) is 0 Å². The molecule has 0 bridgehead atoms. The van der Waals surface area contributed by atoms with Crippen LogP contribution in [0.25, 0.3) is 0 Å². The maximum absolute atomic E-state index is 12.0. The minimum Gasteiger partial charge on any atom is -0.493 e. The van der Waals surface area contributed by atoms with Crippen molar-refractivity contribution in [1.29, 1.82) is 0 Å². The lowest BCUT2D eigenvalue weighted by Crippen LogP contribution is -2.34. The lowest BCUT2D eigenvalue weighted by atomic mass is 9.67. The van der Waals surface area contributed by atoms with E-state index in [-0.39, 0.29) is 17.8 Å². The van der Waals surface area contributed by atoms with E-state index >= 15 is 0 Å². The van der Waals surface area contributed by atoms with E-state index in [2.05, 4.69) is 0 Å². The Labute approximate surface area is 177 Å². The van der Waals surface area contributed by atoms with Crippen LogP contribution >= 0.6 is 8.25 Å². The molecule has 7 nitrogen and oxygen atoms in total. The summed E-state index contributed by atoms with van der Waals surface area (Å²) in [5.74, 6) is 2.95. The molecule has 160 valence electrons. The summed E-state index contributed by atoms with van der Waals surface area (Å²) in [5, 5.41) is 0. The smallest absolute Gasteiger partial charge is 0.493 e. The van der Waals surface area contributed by atoms with E-state index < -0.39 is 8.25 Å². The Balaban J connectivity index is 1.88. The van der Waals surface area contributed by atoms with Gasteiger partial charge in [0.25, 0.3) is 0 Å². The minimum absolute atomic E-state index is 0.0107. The first-order chi connectivity index (χ1) is 14.6. The van der Waals surface area contributed by atoms with Gasteiger partial charge < -0.3 is 18.9 Å². The van der Waals surface area contributed by atoms with Crippen LogP contribution in [-0.4, -0.2) is 41.7 Å². The number of hydrogen-bond acceptors (Lipinski definition) is 7. The number of rotatable bonds is 5. The Kier molecular flexibility index (Phi) is 6.14. The molecule has 0 amide bonds. The quantitative estimate of drug-likeness (QED) is 0.650. The third kappa shape index (κ3) is 3.73. The molecule has 0 N–H and O–H groups in total. The second-order valence-electron chi connectivity index (χ2n) is 7.44. The van der Waals surface area contributed by atoms with Crippen LogP contribution in [0.3, 0.4) is 0 Å². The number of methoxy groups -OCH3 is 4. The van der Waals surface area contributed by atoms with Gasteiger partial charge in [-0.1, -0.05) is 6.07 Å². The van der Waals surface area contributed by atoms with Gasteiger partial charge in [-0.2, -0.15) is 0 Å². The molecule has 0 saturated carbocycles. The van der Waals surface area contributed by atoms with Crippen molar-refractivity contribution < 1.29 is 32.6 Å². The number of benzene rings is 2. The molecule has 8 heteroatoms. The molecule has 1 heterocycles. The Morgan fingerprint density at radius 3 is 2.17 bits per heavy atom. The summed E-state index contributed by atoms with van der Waals surface area (Å²) in [6, 6.07) is 10.0. The first-order valence-corrected chi connectivity index (χ1v) is 10.9. The van der Waals surface area contributed by atoms with Gasteiger partial charge in [-0.3, -0.25) is 0 Å². The number of fused-ring (bicyclic) bond motifs is 2. The molecule has 1 unspecified atom stereocenters. The summed E-state index contributed by atoms with van der Waals surface area (Å²) in [6.45, 7) is 0.740. The summed E-state index contributed by atoms with van der Waals surface area (Å²) in [6.07, 6.45) is 0.788. The van der Waals surface area contributed by atoms with E-state index in [9.17, 15) is 4.57 Å². The maximum atomic E-state index is 12.0. The molecule has 0 spiro atoms. The van der Waals surface area contributed by atoms with Crippen molar-refractivity contribution in [2.45, 2.75) is 12.3 Å².